The van der Waals surface area contributed by atoms with Gasteiger partial charge in [-0.05, 0) is 35.9 Å². The monoisotopic (exact) mass is 227 g/mol. The van der Waals surface area contributed by atoms with Gasteiger partial charge >= 0.3 is 0 Å². The van der Waals surface area contributed by atoms with Gasteiger partial charge in [0.25, 0.3) is 0 Å². The molecule has 0 radical (unpaired) electrons. The van der Waals surface area contributed by atoms with Gasteiger partial charge in [-0.3, -0.25) is 0 Å². The zero-order valence-electron chi connectivity index (χ0n) is 10.1. The third-order valence-electron chi connectivity index (χ3n) is 3.10. The summed E-state index contributed by atoms with van der Waals surface area (Å²) >= 11 is 0. The molecule has 0 aliphatic heterocycles. The van der Waals surface area contributed by atoms with Gasteiger partial charge < -0.3 is 10.3 Å². The number of nitrogens with two attached hydrogens (primary N) is 1. The van der Waals surface area contributed by atoms with E-state index in [1.54, 1.807) is 0 Å². The predicted molar refractivity (Wildman–Crippen MR) is 69.5 cm³/mol. The number of rotatable bonds is 4. The van der Waals surface area contributed by atoms with E-state index in [2.05, 4.69) is 31.2 Å². The van der Waals surface area contributed by atoms with E-state index in [0.29, 0.717) is 6.54 Å². The molecule has 0 spiro atoms. The molecule has 0 bridgehead atoms. The zero-order valence-corrected chi connectivity index (χ0v) is 10.1. The summed E-state index contributed by atoms with van der Waals surface area (Å²) in [6.45, 7) is 2.49. The van der Waals surface area contributed by atoms with Crippen LogP contribution >= 0.6 is 0 Å². The van der Waals surface area contributed by atoms with Crippen molar-refractivity contribution in [2.45, 2.75) is 32.4 Å². The predicted octanol–water partition coefficient (Wildman–Crippen LogP) is 2.44. The lowest BCUT2D eigenvalue weighted by molar-refractivity contribution is 0.646. The second kappa shape index (κ2) is 5.03. The third kappa shape index (κ3) is 2.48. The fraction of sp³-hybridized carbons (Fsp3) is 0.357. The molecule has 1 aromatic carbocycles. The first-order chi connectivity index (χ1) is 8.24. The molecule has 0 aliphatic rings. The molecule has 0 saturated carbocycles. The lowest BCUT2D eigenvalue weighted by Gasteiger charge is -2.09. The quantitative estimate of drug-likeness (QED) is 0.872. The van der Waals surface area contributed by atoms with Crippen LogP contribution in [0.15, 0.2) is 30.5 Å². The number of nitriles is 1. The summed E-state index contributed by atoms with van der Waals surface area (Å²) in [5.74, 6) is 0. The highest BCUT2D eigenvalue weighted by atomic mass is 14.9. The first-order valence-electron chi connectivity index (χ1n) is 5.95. The standard InChI is InChI=1S/C14H17N3/c1-2-13(16)9-11-3-4-12-5-7-17(8-6-15)14(12)10-11/h3-5,7,10,13H,2,8-9,16H2,1H3. The number of hydrogen-bond acceptors (Lipinski definition) is 2. The molecule has 2 N–H and O–H groups in total. The van der Waals surface area contributed by atoms with Gasteiger partial charge in [-0.25, -0.2) is 0 Å². The maximum Gasteiger partial charge on any atom is 0.110 e. The average molecular weight is 227 g/mol. The van der Waals surface area contributed by atoms with E-state index in [0.717, 1.165) is 18.4 Å². The molecule has 3 nitrogen and oxygen atoms in total. The maximum atomic E-state index is 8.76. The van der Waals surface area contributed by atoms with Crippen LogP contribution in [0.1, 0.15) is 18.9 Å². The summed E-state index contributed by atoms with van der Waals surface area (Å²) in [5, 5.41) is 9.93. The van der Waals surface area contributed by atoms with Crippen molar-refractivity contribution in [3.63, 3.8) is 0 Å². The summed E-state index contributed by atoms with van der Waals surface area (Å²) in [6.07, 6.45) is 3.83. The molecule has 3 heteroatoms. The van der Waals surface area contributed by atoms with Crippen LogP contribution in [0.25, 0.3) is 10.9 Å². The Kier molecular flexibility index (Phi) is 3.46. The van der Waals surface area contributed by atoms with Gasteiger partial charge in [0.05, 0.1) is 6.07 Å². The van der Waals surface area contributed by atoms with Crippen molar-refractivity contribution in [3.8, 4) is 6.07 Å². The molecule has 17 heavy (non-hydrogen) atoms. The lowest BCUT2D eigenvalue weighted by Crippen LogP contribution is -2.21. The SMILES string of the molecule is CCC(N)Cc1ccc2ccn(CC#N)c2c1. The molecule has 0 saturated heterocycles. The Morgan fingerprint density at radius 3 is 2.94 bits per heavy atom. The minimum absolute atomic E-state index is 0.215. The molecular weight excluding hydrogens is 210 g/mol. The summed E-state index contributed by atoms with van der Waals surface area (Å²) in [6, 6.07) is 10.8. The number of hydrogen-bond donors (Lipinski definition) is 1. The van der Waals surface area contributed by atoms with Gasteiger partial charge in [-0.2, -0.15) is 5.26 Å². The third-order valence-corrected chi connectivity index (χ3v) is 3.10. The molecule has 0 amide bonds. The number of aromatic nitrogens is 1. The Bertz CT molecular complexity index is 548. The summed E-state index contributed by atoms with van der Waals surface area (Å²) in [7, 11) is 0. The van der Waals surface area contributed by atoms with E-state index in [-0.39, 0.29) is 6.04 Å². The van der Waals surface area contributed by atoms with Gasteiger partial charge in [0.15, 0.2) is 0 Å². The minimum Gasteiger partial charge on any atom is -0.334 e. The molecule has 2 rings (SSSR count). The van der Waals surface area contributed by atoms with E-state index < -0.39 is 0 Å². The molecule has 1 aromatic heterocycles. The highest BCUT2D eigenvalue weighted by Crippen LogP contribution is 2.18. The van der Waals surface area contributed by atoms with Crippen molar-refractivity contribution in [2.75, 3.05) is 0 Å². The Morgan fingerprint density at radius 1 is 1.41 bits per heavy atom. The van der Waals surface area contributed by atoms with Crippen LogP contribution in [0.4, 0.5) is 0 Å². The van der Waals surface area contributed by atoms with E-state index >= 15 is 0 Å². The fourth-order valence-electron chi connectivity index (χ4n) is 2.02. The topological polar surface area (TPSA) is 54.7 Å². The van der Waals surface area contributed by atoms with Gasteiger partial charge in [-0.1, -0.05) is 19.1 Å². The molecule has 88 valence electrons. The molecule has 1 atom stereocenters. The molecule has 0 aliphatic carbocycles. The smallest absolute Gasteiger partial charge is 0.110 e. The Morgan fingerprint density at radius 2 is 2.24 bits per heavy atom. The van der Waals surface area contributed by atoms with Crippen molar-refractivity contribution in [1.82, 2.24) is 4.57 Å². The lowest BCUT2D eigenvalue weighted by atomic mass is 10.0. The maximum absolute atomic E-state index is 8.76. The summed E-state index contributed by atoms with van der Waals surface area (Å²) in [4.78, 5) is 0. The van der Waals surface area contributed by atoms with Crippen molar-refractivity contribution in [1.29, 1.82) is 5.26 Å². The van der Waals surface area contributed by atoms with Crippen LogP contribution < -0.4 is 5.73 Å². The highest BCUT2D eigenvalue weighted by Gasteiger charge is 2.05. The second-order valence-electron chi connectivity index (χ2n) is 4.37. The van der Waals surface area contributed by atoms with Gasteiger partial charge in [0, 0.05) is 17.8 Å². The minimum atomic E-state index is 0.215. The first kappa shape index (κ1) is 11.7. The summed E-state index contributed by atoms with van der Waals surface area (Å²) in [5.41, 5.74) is 8.32. The van der Waals surface area contributed by atoms with Crippen molar-refractivity contribution in [2.24, 2.45) is 5.73 Å². The molecule has 2 aromatic rings. The first-order valence-corrected chi connectivity index (χ1v) is 5.95. The number of fused-ring (bicyclic) bond motifs is 1. The number of nitrogens with zero attached hydrogens (tertiary/aromatic N) is 2. The van der Waals surface area contributed by atoms with E-state index in [4.69, 9.17) is 11.0 Å². The Hall–Kier alpha value is -1.79. The highest BCUT2D eigenvalue weighted by molar-refractivity contribution is 5.80. The van der Waals surface area contributed by atoms with Crippen LogP contribution in [-0.2, 0) is 13.0 Å². The summed E-state index contributed by atoms with van der Waals surface area (Å²) < 4.78 is 1.97. The van der Waals surface area contributed by atoms with Crippen molar-refractivity contribution < 1.29 is 0 Å². The zero-order chi connectivity index (χ0) is 12.3. The number of benzene rings is 1. The van der Waals surface area contributed by atoms with Gasteiger partial charge in [0.1, 0.15) is 6.54 Å². The Labute approximate surface area is 101 Å². The van der Waals surface area contributed by atoms with Crippen LogP contribution in [0.2, 0.25) is 0 Å². The van der Waals surface area contributed by atoms with Gasteiger partial charge in [0.2, 0.25) is 0 Å². The molecule has 1 heterocycles. The fourth-order valence-corrected chi connectivity index (χ4v) is 2.02. The average Bonchev–Trinajstić information content (AvgIpc) is 2.73. The van der Waals surface area contributed by atoms with Crippen LogP contribution in [-0.4, -0.2) is 10.6 Å². The van der Waals surface area contributed by atoms with E-state index in [1.807, 2.05) is 16.8 Å². The molecule has 0 fully saturated rings. The van der Waals surface area contributed by atoms with Crippen LogP contribution in [0, 0.1) is 11.3 Å². The van der Waals surface area contributed by atoms with Crippen molar-refractivity contribution in [3.05, 3.63) is 36.0 Å². The van der Waals surface area contributed by atoms with Crippen LogP contribution in [0.3, 0.4) is 0 Å². The molecular formula is C14H17N3. The Balaban J connectivity index is 2.34. The normalized spacial score (nSPS) is 12.5. The van der Waals surface area contributed by atoms with Crippen molar-refractivity contribution >= 4 is 10.9 Å². The second-order valence-corrected chi connectivity index (χ2v) is 4.37. The van der Waals surface area contributed by atoms with E-state index in [9.17, 15) is 0 Å². The van der Waals surface area contributed by atoms with Gasteiger partial charge in [-0.15, -0.1) is 0 Å². The van der Waals surface area contributed by atoms with Crippen LogP contribution in [0.5, 0.6) is 0 Å². The largest absolute Gasteiger partial charge is 0.334 e. The molecule has 1 unspecified atom stereocenters. The van der Waals surface area contributed by atoms with E-state index in [1.165, 1.54) is 10.9 Å².